The average Bonchev–Trinajstić information content (AvgIpc) is 2.53. The molecule has 0 radical (unpaired) electrons. The summed E-state index contributed by atoms with van der Waals surface area (Å²) in [6, 6.07) is 6.07. The normalized spacial score (nSPS) is 32.6. The van der Waals surface area contributed by atoms with Crippen LogP contribution < -0.4 is 0 Å². The van der Waals surface area contributed by atoms with E-state index in [1.807, 2.05) is 12.1 Å². The van der Waals surface area contributed by atoms with Gasteiger partial charge in [-0.1, -0.05) is 39.2 Å². The molecule has 4 atom stereocenters. The van der Waals surface area contributed by atoms with Crippen LogP contribution in [-0.2, 0) is 16.6 Å². The summed E-state index contributed by atoms with van der Waals surface area (Å²) in [4.78, 5) is 0. The van der Waals surface area contributed by atoms with E-state index in [0.717, 1.165) is 24.4 Å². The van der Waals surface area contributed by atoms with Crippen LogP contribution in [0.5, 0.6) is 5.75 Å². The number of rotatable bonds is 6. The molecular weight excluding hydrogens is 284 g/mol. The van der Waals surface area contributed by atoms with Gasteiger partial charge in [0, 0.05) is 13.7 Å². The van der Waals surface area contributed by atoms with Crippen molar-refractivity contribution in [3.05, 3.63) is 29.3 Å². The number of phenols is 1. The van der Waals surface area contributed by atoms with Crippen molar-refractivity contribution in [2.24, 2.45) is 17.8 Å². The van der Waals surface area contributed by atoms with Crippen molar-refractivity contribution in [1.82, 2.24) is 0 Å². The minimum absolute atomic E-state index is 0.254. The standard InChI is InChI=1S/C21H32O2/c1-15-19-13-17-8-9-18(22)14-20(17)21(15,2)11-10-16(19)7-5-4-6-12-23-3/h8-9,14-16,19,22H,4-7,10-13H2,1-3H3/t15-,16?,19+,21-/m0/s1. The molecule has 1 fully saturated rings. The molecule has 1 saturated carbocycles. The van der Waals surface area contributed by atoms with Gasteiger partial charge in [-0.2, -0.15) is 0 Å². The topological polar surface area (TPSA) is 29.5 Å². The van der Waals surface area contributed by atoms with Crippen molar-refractivity contribution < 1.29 is 9.84 Å². The van der Waals surface area contributed by atoms with E-state index in [-0.39, 0.29) is 5.41 Å². The van der Waals surface area contributed by atoms with Crippen LogP contribution in [0.4, 0.5) is 0 Å². The SMILES string of the molecule is COCCCCCC1CC[C@]2(C)c3cc(O)ccc3C[C@@H]1[C@@H]2C. The first-order valence-electron chi connectivity index (χ1n) is 9.37. The molecule has 0 aliphatic heterocycles. The Bertz CT molecular complexity index is 539. The summed E-state index contributed by atoms with van der Waals surface area (Å²) >= 11 is 0. The predicted octanol–water partition coefficient (Wildman–Crippen LogP) is 5.08. The smallest absolute Gasteiger partial charge is 0.115 e. The molecule has 3 rings (SSSR count). The van der Waals surface area contributed by atoms with E-state index in [9.17, 15) is 5.11 Å². The Balaban J connectivity index is 1.71. The largest absolute Gasteiger partial charge is 0.508 e. The number of unbranched alkanes of at least 4 members (excludes halogenated alkanes) is 2. The fourth-order valence-electron chi connectivity index (χ4n) is 5.25. The third-order valence-electron chi connectivity index (χ3n) is 6.87. The zero-order chi connectivity index (χ0) is 16.4. The third-order valence-corrected chi connectivity index (χ3v) is 6.87. The monoisotopic (exact) mass is 316 g/mol. The number of fused-ring (bicyclic) bond motifs is 4. The van der Waals surface area contributed by atoms with E-state index in [0.29, 0.717) is 5.75 Å². The highest BCUT2D eigenvalue weighted by atomic mass is 16.5. The summed E-state index contributed by atoms with van der Waals surface area (Å²) in [5, 5.41) is 9.91. The van der Waals surface area contributed by atoms with Crippen LogP contribution in [0.3, 0.4) is 0 Å². The van der Waals surface area contributed by atoms with Gasteiger partial charge in [0.2, 0.25) is 0 Å². The van der Waals surface area contributed by atoms with E-state index >= 15 is 0 Å². The van der Waals surface area contributed by atoms with Crippen LogP contribution in [0.1, 0.15) is 63.5 Å². The second kappa shape index (κ2) is 6.84. The molecule has 1 aromatic carbocycles. The van der Waals surface area contributed by atoms with Crippen molar-refractivity contribution in [2.45, 2.75) is 64.2 Å². The lowest BCUT2D eigenvalue weighted by atomic mass is 9.51. The van der Waals surface area contributed by atoms with Crippen LogP contribution in [0.25, 0.3) is 0 Å². The lowest BCUT2D eigenvalue weighted by Gasteiger charge is -2.53. The van der Waals surface area contributed by atoms with Crippen LogP contribution in [0.2, 0.25) is 0 Å². The second-order valence-electron chi connectivity index (χ2n) is 8.06. The zero-order valence-corrected chi connectivity index (χ0v) is 15.0. The van der Waals surface area contributed by atoms with E-state index in [1.165, 1.54) is 56.1 Å². The van der Waals surface area contributed by atoms with Gasteiger partial charge in [0.15, 0.2) is 0 Å². The summed E-state index contributed by atoms with van der Waals surface area (Å²) < 4.78 is 5.16. The highest BCUT2D eigenvalue weighted by Crippen LogP contribution is 2.55. The van der Waals surface area contributed by atoms with Gasteiger partial charge in [0.1, 0.15) is 5.75 Å². The minimum Gasteiger partial charge on any atom is -0.508 e. The summed E-state index contributed by atoms with van der Waals surface area (Å²) in [5.41, 5.74) is 3.15. The maximum Gasteiger partial charge on any atom is 0.115 e. The van der Waals surface area contributed by atoms with Crippen LogP contribution >= 0.6 is 0 Å². The summed E-state index contributed by atoms with van der Waals surface area (Å²) in [6.07, 6.45) is 9.04. The first-order valence-corrected chi connectivity index (χ1v) is 9.37. The molecular formula is C21H32O2. The van der Waals surface area contributed by atoms with Crippen LogP contribution in [0, 0.1) is 17.8 Å². The molecule has 0 aromatic heterocycles. The number of aromatic hydroxyl groups is 1. The number of hydrogen-bond acceptors (Lipinski definition) is 2. The molecule has 1 N–H and O–H groups in total. The van der Waals surface area contributed by atoms with Gasteiger partial charge in [-0.05, 0) is 72.1 Å². The van der Waals surface area contributed by atoms with Crippen molar-refractivity contribution >= 4 is 0 Å². The molecule has 2 nitrogen and oxygen atoms in total. The van der Waals surface area contributed by atoms with Crippen molar-refractivity contribution in [3.63, 3.8) is 0 Å². The predicted molar refractivity (Wildman–Crippen MR) is 94.9 cm³/mol. The quantitative estimate of drug-likeness (QED) is 0.742. The summed E-state index contributed by atoms with van der Waals surface area (Å²) in [6.45, 7) is 5.78. The Labute approximate surface area is 141 Å². The van der Waals surface area contributed by atoms with Gasteiger partial charge < -0.3 is 9.84 Å². The molecule has 0 spiro atoms. The van der Waals surface area contributed by atoms with E-state index < -0.39 is 0 Å². The Kier molecular flexibility index (Phi) is 5.01. The summed E-state index contributed by atoms with van der Waals surface area (Å²) in [7, 11) is 1.79. The average molecular weight is 316 g/mol. The second-order valence-corrected chi connectivity index (χ2v) is 8.06. The molecule has 1 aromatic rings. The maximum absolute atomic E-state index is 9.91. The fourth-order valence-corrected chi connectivity index (χ4v) is 5.25. The van der Waals surface area contributed by atoms with Crippen LogP contribution in [0.15, 0.2) is 18.2 Å². The van der Waals surface area contributed by atoms with Crippen molar-refractivity contribution in [3.8, 4) is 5.75 Å². The van der Waals surface area contributed by atoms with E-state index in [1.54, 1.807) is 7.11 Å². The van der Waals surface area contributed by atoms with Gasteiger partial charge in [0.05, 0.1) is 0 Å². The Morgan fingerprint density at radius 1 is 1.26 bits per heavy atom. The molecule has 23 heavy (non-hydrogen) atoms. The number of hydrogen-bond donors (Lipinski definition) is 1. The first kappa shape index (κ1) is 16.8. The summed E-state index contributed by atoms with van der Waals surface area (Å²) in [5.74, 6) is 2.83. The lowest BCUT2D eigenvalue weighted by molar-refractivity contribution is 0.0605. The molecule has 2 aliphatic carbocycles. The zero-order valence-electron chi connectivity index (χ0n) is 15.0. The molecule has 2 heteroatoms. The fraction of sp³-hybridized carbons (Fsp3) is 0.714. The molecule has 2 aliphatic rings. The molecule has 1 unspecified atom stereocenters. The van der Waals surface area contributed by atoms with E-state index in [2.05, 4.69) is 19.9 Å². The van der Waals surface area contributed by atoms with Crippen LogP contribution in [-0.4, -0.2) is 18.8 Å². The highest BCUT2D eigenvalue weighted by Gasteiger charge is 2.48. The molecule has 0 saturated heterocycles. The van der Waals surface area contributed by atoms with Crippen molar-refractivity contribution in [1.29, 1.82) is 0 Å². The first-order chi connectivity index (χ1) is 11.1. The van der Waals surface area contributed by atoms with Gasteiger partial charge >= 0.3 is 0 Å². The van der Waals surface area contributed by atoms with Crippen molar-refractivity contribution in [2.75, 3.05) is 13.7 Å². The number of phenolic OH excluding ortho intramolecular Hbond substituents is 1. The van der Waals surface area contributed by atoms with Gasteiger partial charge in [-0.25, -0.2) is 0 Å². The molecule has 0 heterocycles. The molecule has 0 amide bonds. The highest BCUT2D eigenvalue weighted by molar-refractivity contribution is 5.43. The Hall–Kier alpha value is -1.02. The van der Waals surface area contributed by atoms with Gasteiger partial charge in [-0.3, -0.25) is 0 Å². The number of ether oxygens (including phenoxy) is 1. The minimum atomic E-state index is 0.254. The lowest BCUT2D eigenvalue weighted by Crippen LogP contribution is -2.47. The number of methoxy groups -OCH3 is 1. The Morgan fingerprint density at radius 2 is 2.09 bits per heavy atom. The van der Waals surface area contributed by atoms with Gasteiger partial charge in [-0.15, -0.1) is 0 Å². The maximum atomic E-state index is 9.91. The van der Waals surface area contributed by atoms with E-state index in [4.69, 9.17) is 4.74 Å². The molecule has 128 valence electrons. The number of benzene rings is 1. The third kappa shape index (κ3) is 3.15. The Morgan fingerprint density at radius 3 is 2.87 bits per heavy atom. The molecule has 2 bridgehead atoms. The van der Waals surface area contributed by atoms with Gasteiger partial charge in [0.25, 0.3) is 0 Å².